The van der Waals surface area contributed by atoms with Crippen LogP contribution in [0, 0.1) is 5.92 Å². The van der Waals surface area contributed by atoms with Gasteiger partial charge < -0.3 is 15.7 Å². The molecule has 0 saturated carbocycles. The maximum atomic E-state index is 12.2. The Morgan fingerprint density at radius 2 is 2.35 bits per heavy atom. The minimum absolute atomic E-state index is 0.0917. The lowest BCUT2D eigenvalue weighted by atomic mass is 10.1. The number of halogens is 1. The molecule has 3 N–H and O–H groups in total. The predicted molar refractivity (Wildman–Crippen MR) is 67.0 cm³/mol. The van der Waals surface area contributed by atoms with Crippen molar-refractivity contribution in [1.29, 1.82) is 0 Å². The zero-order valence-corrected chi connectivity index (χ0v) is 10.2. The number of benzene rings is 1. The van der Waals surface area contributed by atoms with Gasteiger partial charge in [-0.05, 0) is 24.6 Å². The summed E-state index contributed by atoms with van der Waals surface area (Å²) in [6, 6.07) is 4.89. The molecule has 0 aromatic heterocycles. The molecular weight excluding hydrogens is 240 g/mol. The molecule has 0 bridgehead atoms. The van der Waals surface area contributed by atoms with Crippen molar-refractivity contribution in [3.05, 3.63) is 28.8 Å². The molecule has 0 spiro atoms. The highest BCUT2D eigenvalue weighted by Gasteiger charge is 2.27. The van der Waals surface area contributed by atoms with Crippen molar-refractivity contribution in [3.63, 3.8) is 0 Å². The predicted octanol–water partition coefficient (Wildman–Crippen LogP) is 1.38. The van der Waals surface area contributed by atoms with E-state index >= 15 is 0 Å². The van der Waals surface area contributed by atoms with Crippen LogP contribution in [0.5, 0.6) is 0 Å². The molecule has 1 fully saturated rings. The third-order valence-electron chi connectivity index (χ3n) is 3.05. The molecule has 1 amide bonds. The number of likely N-dealkylation sites (tertiary alicyclic amines) is 1. The summed E-state index contributed by atoms with van der Waals surface area (Å²) >= 11 is 6.00. The number of rotatable bonds is 2. The summed E-state index contributed by atoms with van der Waals surface area (Å²) in [5.74, 6) is 0.0949. The van der Waals surface area contributed by atoms with Gasteiger partial charge in [0.05, 0.1) is 10.6 Å². The van der Waals surface area contributed by atoms with E-state index in [1.807, 2.05) is 0 Å². The van der Waals surface area contributed by atoms with Crippen LogP contribution in [-0.4, -0.2) is 35.6 Å². The van der Waals surface area contributed by atoms with Crippen LogP contribution in [0.1, 0.15) is 16.8 Å². The summed E-state index contributed by atoms with van der Waals surface area (Å²) in [6.45, 7) is 1.39. The molecule has 1 saturated heterocycles. The van der Waals surface area contributed by atoms with Gasteiger partial charge in [-0.2, -0.15) is 0 Å². The van der Waals surface area contributed by atoms with E-state index in [9.17, 15) is 4.79 Å². The quantitative estimate of drug-likeness (QED) is 0.784. The maximum Gasteiger partial charge on any atom is 0.255 e. The fourth-order valence-corrected chi connectivity index (χ4v) is 2.31. The average Bonchev–Trinajstić information content (AvgIpc) is 2.76. The number of hydrogen-bond donors (Lipinski definition) is 2. The zero-order chi connectivity index (χ0) is 12.4. The van der Waals surface area contributed by atoms with Gasteiger partial charge in [0.25, 0.3) is 5.91 Å². The van der Waals surface area contributed by atoms with Crippen molar-refractivity contribution in [2.45, 2.75) is 6.42 Å². The Labute approximate surface area is 105 Å². The van der Waals surface area contributed by atoms with E-state index in [0.717, 1.165) is 6.42 Å². The van der Waals surface area contributed by atoms with E-state index in [1.165, 1.54) is 0 Å². The van der Waals surface area contributed by atoms with Crippen molar-refractivity contribution >= 4 is 23.2 Å². The first-order chi connectivity index (χ1) is 8.11. The number of carbonyl (C=O) groups excluding carboxylic acids is 1. The number of aliphatic hydroxyl groups excluding tert-OH is 1. The Kier molecular flexibility index (Phi) is 3.54. The SMILES string of the molecule is Nc1ccc(C(=O)N2CCC(CO)C2)c(Cl)c1. The second-order valence-electron chi connectivity index (χ2n) is 4.33. The summed E-state index contributed by atoms with van der Waals surface area (Å²) < 4.78 is 0. The van der Waals surface area contributed by atoms with Crippen LogP contribution >= 0.6 is 11.6 Å². The summed E-state index contributed by atoms with van der Waals surface area (Å²) in [6.07, 6.45) is 0.842. The summed E-state index contributed by atoms with van der Waals surface area (Å²) in [7, 11) is 0. The third-order valence-corrected chi connectivity index (χ3v) is 3.37. The van der Waals surface area contributed by atoms with Crippen LogP contribution in [0.15, 0.2) is 18.2 Å². The first-order valence-corrected chi connectivity index (χ1v) is 5.94. The first kappa shape index (κ1) is 12.2. The van der Waals surface area contributed by atoms with Gasteiger partial charge in [0.15, 0.2) is 0 Å². The van der Waals surface area contributed by atoms with Crippen LogP contribution in [0.25, 0.3) is 0 Å². The Hall–Kier alpha value is -1.26. The highest BCUT2D eigenvalue weighted by Crippen LogP contribution is 2.24. The highest BCUT2D eigenvalue weighted by molar-refractivity contribution is 6.34. The molecule has 0 aliphatic carbocycles. The Morgan fingerprint density at radius 1 is 1.59 bits per heavy atom. The van der Waals surface area contributed by atoms with Gasteiger partial charge in [-0.15, -0.1) is 0 Å². The Bertz CT molecular complexity index is 437. The number of anilines is 1. The molecular formula is C12H15ClN2O2. The molecule has 0 radical (unpaired) electrons. The van der Waals surface area contributed by atoms with Gasteiger partial charge in [0, 0.05) is 31.3 Å². The number of aliphatic hydroxyl groups is 1. The van der Waals surface area contributed by atoms with E-state index in [0.29, 0.717) is 29.4 Å². The number of nitrogens with zero attached hydrogens (tertiary/aromatic N) is 1. The van der Waals surface area contributed by atoms with Crippen LogP contribution in [0.3, 0.4) is 0 Å². The summed E-state index contributed by atoms with van der Waals surface area (Å²) in [5, 5.41) is 9.42. The first-order valence-electron chi connectivity index (χ1n) is 5.57. The van der Waals surface area contributed by atoms with E-state index in [4.69, 9.17) is 22.4 Å². The standard InChI is InChI=1S/C12H15ClN2O2/c13-11-5-9(14)1-2-10(11)12(17)15-4-3-8(6-15)7-16/h1-2,5,8,16H,3-4,6-7,14H2. The second kappa shape index (κ2) is 4.94. The average molecular weight is 255 g/mol. The minimum atomic E-state index is -0.0917. The fraction of sp³-hybridized carbons (Fsp3) is 0.417. The van der Waals surface area contributed by atoms with Crippen LogP contribution in [0.2, 0.25) is 5.02 Å². The normalized spacial score (nSPS) is 19.6. The molecule has 1 unspecified atom stereocenters. The van der Waals surface area contributed by atoms with Crippen LogP contribution in [-0.2, 0) is 0 Å². The Balaban J connectivity index is 2.15. The van der Waals surface area contributed by atoms with Crippen molar-refractivity contribution in [2.24, 2.45) is 5.92 Å². The second-order valence-corrected chi connectivity index (χ2v) is 4.73. The number of nitrogen functional groups attached to an aromatic ring is 1. The van der Waals surface area contributed by atoms with E-state index in [1.54, 1.807) is 23.1 Å². The Morgan fingerprint density at radius 3 is 2.94 bits per heavy atom. The van der Waals surface area contributed by atoms with Gasteiger partial charge >= 0.3 is 0 Å². The van der Waals surface area contributed by atoms with Gasteiger partial charge in [-0.1, -0.05) is 11.6 Å². The van der Waals surface area contributed by atoms with Crippen molar-refractivity contribution < 1.29 is 9.90 Å². The topological polar surface area (TPSA) is 66.6 Å². The molecule has 1 atom stereocenters. The zero-order valence-electron chi connectivity index (χ0n) is 9.40. The highest BCUT2D eigenvalue weighted by atomic mass is 35.5. The molecule has 17 heavy (non-hydrogen) atoms. The van der Waals surface area contributed by atoms with Crippen LogP contribution < -0.4 is 5.73 Å². The summed E-state index contributed by atoms with van der Waals surface area (Å²) in [5.41, 5.74) is 6.60. The molecule has 4 nitrogen and oxygen atoms in total. The maximum absolute atomic E-state index is 12.2. The van der Waals surface area contributed by atoms with E-state index in [-0.39, 0.29) is 18.4 Å². The molecule has 1 aliphatic heterocycles. The van der Waals surface area contributed by atoms with Crippen molar-refractivity contribution in [1.82, 2.24) is 4.90 Å². The number of nitrogens with two attached hydrogens (primary N) is 1. The molecule has 1 aromatic rings. The smallest absolute Gasteiger partial charge is 0.255 e. The van der Waals surface area contributed by atoms with Crippen LogP contribution in [0.4, 0.5) is 5.69 Å². The van der Waals surface area contributed by atoms with Gasteiger partial charge in [-0.3, -0.25) is 4.79 Å². The van der Waals surface area contributed by atoms with E-state index in [2.05, 4.69) is 0 Å². The largest absolute Gasteiger partial charge is 0.399 e. The summed E-state index contributed by atoms with van der Waals surface area (Å²) in [4.78, 5) is 13.9. The molecule has 1 heterocycles. The number of hydrogen-bond acceptors (Lipinski definition) is 3. The lowest BCUT2D eigenvalue weighted by Gasteiger charge is -2.17. The fourth-order valence-electron chi connectivity index (χ4n) is 2.04. The lowest BCUT2D eigenvalue weighted by molar-refractivity contribution is 0.0782. The van der Waals surface area contributed by atoms with Gasteiger partial charge in [-0.25, -0.2) is 0 Å². The number of amides is 1. The van der Waals surface area contributed by atoms with Gasteiger partial charge in [0.1, 0.15) is 0 Å². The lowest BCUT2D eigenvalue weighted by Crippen LogP contribution is -2.29. The third kappa shape index (κ3) is 2.53. The van der Waals surface area contributed by atoms with Crippen molar-refractivity contribution in [2.75, 3.05) is 25.4 Å². The van der Waals surface area contributed by atoms with E-state index < -0.39 is 0 Å². The molecule has 1 aromatic carbocycles. The molecule has 5 heteroatoms. The van der Waals surface area contributed by atoms with Gasteiger partial charge in [0.2, 0.25) is 0 Å². The molecule has 1 aliphatic rings. The minimum Gasteiger partial charge on any atom is -0.399 e. The van der Waals surface area contributed by atoms with Crippen molar-refractivity contribution in [3.8, 4) is 0 Å². The molecule has 92 valence electrons. The molecule has 2 rings (SSSR count). The monoisotopic (exact) mass is 254 g/mol. The number of carbonyl (C=O) groups is 1.